The largest absolute Gasteiger partial charge is 0.477 e. The lowest BCUT2D eigenvalue weighted by molar-refractivity contribution is 0.0701. The second-order valence-corrected chi connectivity index (χ2v) is 5.80. The van der Waals surface area contributed by atoms with E-state index in [4.69, 9.17) is 16.7 Å². The highest BCUT2D eigenvalue weighted by Gasteiger charge is 2.15. The van der Waals surface area contributed by atoms with E-state index in [9.17, 15) is 4.79 Å². The van der Waals surface area contributed by atoms with Crippen molar-refractivity contribution in [3.05, 3.63) is 34.1 Å². The van der Waals surface area contributed by atoms with Gasteiger partial charge in [0.05, 0.1) is 10.7 Å². The number of halogens is 1. The molecule has 1 N–H and O–H groups in total. The monoisotopic (exact) mass is 286 g/mol. The average Bonchev–Trinajstić information content (AvgIpc) is 2.63. The maximum atomic E-state index is 10.9. The van der Waals surface area contributed by atoms with Crippen molar-refractivity contribution < 1.29 is 9.90 Å². The summed E-state index contributed by atoms with van der Waals surface area (Å²) in [7, 11) is 0. The lowest BCUT2D eigenvalue weighted by atomic mass is 10.4. The van der Waals surface area contributed by atoms with Gasteiger partial charge in [0.2, 0.25) is 0 Å². The van der Waals surface area contributed by atoms with Crippen molar-refractivity contribution >= 4 is 40.7 Å². The first-order valence-electron chi connectivity index (χ1n) is 4.56. The summed E-state index contributed by atoms with van der Waals surface area (Å²) in [5.74, 6) is -0.951. The van der Waals surface area contributed by atoms with Gasteiger partial charge in [0.25, 0.3) is 0 Å². The first kappa shape index (κ1) is 12.3. The molecule has 0 aromatic carbocycles. The summed E-state index contributed by atoms with van der Waals surface area (Å²) in [6.45, 7) is 1.68. The van der Waals surface area contributed by atoms with Crippen molar-refractivity contribution in [1.29, 1.82) is 0 Å². The number of hydrogen-bond acceptors (Lipinski definition) is 5. The van der Waals surface area contributed by atoms with Gasteiger partial charge in [-0.25, -0.2) is 9.78 Å². The Morgan fingerprint density at radius 2 is 2.35 bits per heavy atom. The molecule has 0 atom stereocenters. The average molecular weight is 287 g/mol. The molecule has 0 saturated heterocycles. The lowest BCUT2D eigenvalue weighted by Gasteiger charge is -1.98. The van der Waals surface area contributed by atoms with Crippen molar-refractivity contribution in [3.63, 3.8) is 0 Å². The number of carboxylic acids is 1. The molecule has 2 aromatic rings. The van der Waals surface area contributed by atoms with Crippen LogP contribution in [0.25, 0.3) is 0 Å². The Kier molecular flexibility index (Phi) is 3.66. The molecule has 0 spiro atoms. The Hall–Kier alpha value is -1.11. The van der Waals surface area contributed by atoms with Gasteiger partial charge in [0.1, 0.15) is 4.88 Å². The van der Waals surface area contributed by atoms with Crippen LogP contribution >= 0.6 is 34.7 Å². The second kappa shape index (κ2) is 5.03. The molecule has 0 aliphatic rings. The quantitative estimate of drug-likeness (QED) is 0.937. The van der Waals surface area contributed by atoms with E-state index in [-0.39, 0.29) is 4.88 Å². The molecule has 0 radical (unpaired) electrons. The number of thiazole rings is 1. The third-order valence-corrected chi connectivity index (χ3v) is 4.60. The number of hydrogen-bond donors (Lipinski definition) is 1. The van der Waals surface area contributed by atoms with E-state index in [1.54, 1.807) is 25.4 Å². The highest BCUT2D eigenvalue weighted by Crippen LogP contribution is 2.35. The number of carboxylic acid groups (broad SMARTS) is 1. The van der Waals surface area contributed by atoms with Crippen LogP contribution in [0.15, 0.2) is 27.7 Å². The van der Waals surface area contributed by atoms with E-state index in [1.807, 2.05) is 0 Å². The van der Waals surface area contributed by atoms with Crippen LogP contribution in [0.1, 0.15) is 15.4 Å². The molecule has 2 rings (SSSR count). The number of carbonyl (C=O) groups is 1. The molecule has 0 aliphatic heterocycles. The number of pyridine rings is 1. The Bertz CT molecular complexity index is 571. The fraction of sp³-hybridized carbons (Fsp3) is 0.100. The van der Waals surface area contributed by atoms with Gasteiger partial charge in [-0.1, -0.05) is 23.4 Å². The maximum Gasteiger partial charge on any atom is 0.347 e. The molecule has 0 saturated carbocycles. The summed E-state index contributed by atoms with van der Waals surface area (Å²) in [5.41, 5.74) is 0.523. The number of aryl methyl sites for hydroxylation is 1. The Morgan fingerprint density at radius 3 is 2.94 bits per heavy atom. The first-order chi connectivity index (χ1) is 8.08. The normalized spacial score (nSPS) is 10.5. The van der Waals surface area contributed by atoms with Crippen LogP contribution in [0.2, 0.25) is 5.02 Å². The van der Waals surface area contributed by atoms with Gasteiger partial charge < -0.3 is 5.11 Å². The minimum Gasteiger partial charge on any atom is -0.477 e. The minimum atomic E-state index is -0.951. The van der Waals surface area contributed by atoms with Crippen LogP contribution in [0.3, 0.4) is 0 Å². The van der Waals surface area contributed by atoms with Crippen molar-refractivity contribution in [2.24, 2.45) is 0 Å². The minimum absolute atomic E-state index is 0.262. The molecular formula is C10H7ClN2O2S2. The molecule has 0 bridgehead atoms. The topological polar surface area (TPSA) is 63.1 Å². The standard InChI is InChI=1S/C10H7ClN2O2S2/c1-5-8(9(14)15)17-10(13-5)16-7-2-3-12-4-6(7)11/h2-4H,1H3,(H,14,15). The number of aromatic carboxylic acids is 1. The van der Waals surface area contributed by atoms with Crippen LogP contribution in [-0.4, -0.2) is 21.0 Å². The molecule has 7 heteroatoms. The third-order valence-electron chi connectivity index (χ3n) is 1.90. The molecule has 0 aliphatic carbocycles. The lowest BCUT2D eigenvalue weighted by Crippen LogP contribution is -1.94. The summed E-state index contributed by atoms with van der Waals surface area (Å²) >= 11 is 8.44. The van der Waals surface area contributed by atoms with Crippen LogP contribution in [0.4, 0.5) is 0 Å². The summed E-state index contributed by atoms with van der Waals surface area (Å²) in [6.07, 6.45) is 3.18. The number of aromatic nitrogens is 2. The second-order valence-electron chi connectivity index (χ2n) is 3.11. The molecule has 0 fully saturated rings. The summed E-state index contributed by atoms with van der Waals surface area (Å²) in [6, 6.07) is 1.77. The van der Waals surface area contributed by atoms with Crippen LogP contribution in [0, 0.1) is 6.92 Å². The van der Waals surface area contributed by atoms with Crippen molar-refractivity contribution in [1.82, 2.24) is 9.97 Å². The molecule has 2 aromatic heterocycles. The maximum absolute atomic E-state index is 10.9. The summed E-state index contributed by atoms with van der Waals surface area (Å²) < 4.78 is 0.660. The Balaban J connectivity index is 2.28. The van der Waals surface area contributed by atoms with Crippen molar-refractivity contribution in [2.45, 2.75) is 16.2 Å². The fourth-order valence-electron chi connectivity index (χ4n) is 1.15. The molecule has 17 heavy (non-hydrogen) atoms. The summed E-state index contributed by atoms with van der Waals surface area (Å²) in [4.78, 5) is 20.0. The van der Waals surface area contributed by atoms with E-state index >= 15 is 0 Å². The van der Waals surface area contributed by atoms with Crippen LogP contribution < -0.4 is 0 Å². The van der Waals surface area contributed by atoms with E-state index in [0.29, 0.717) is 15.1 Å². The van der Waals surface area contributed by atoms with Gasteiger partial charge in [-0.15, -0.1) is 11.3 Å². The molecular weight excluding hydrogens is 280 g/mol. The van der Waals surface area contributed by atoms with E-state index in [2.05, 4.69) is 9.97 Å². The smallest absolute Gasteiger partial charge is 0.347 e. The van der Waals surface area contributed by atoms with Crippen molar-refractivity contribution in [2.75, 3.05) is 0 Å². The molecule has 0 amide bonds. The van der Waals surface area contributed by atoms with Crippen molar-refractivity contribution in [3.8, 4) is 0 Å². The molecule has 0 unspecified atom stereocenters. The Labute approximate surface area is 111 Å². The first-order valence-corrected chi connectivity index (χ1v) is 6.57. The van der Waals surface area contributed by atoms with Gasteiger partial charge in [-0.3, -0.25) is 4.98 Å². The number of nitrogens with zero attached hydrogens (tertiary/aromatic N) is 2. The van der Waals surface area contributed by atoms with Gasteiger partial charge in [0.15, 0.2) is 4.34 Å². The van der Waals surface area contributed by atoms with Gasteiger partial charge >= 0.3 is 5.97 Å². The van der Waals surface area contributed by atoms with E-state index in [0.717, 1.165) is 16.2 Å². The van der Waals surface area contributed by atoms with Crippen LogP contribution in [-0.2, 0) is 0 Å². The predicted octanol–water partition coefficient (Wildman–Crippen LogP) is 3.35. The molecule has 2 heterocycles. The zero-order chi connectivity index (χ0) is 12.4. The van der Waals surface area contributed by atoms with Crippen LogP contribution in [0.5, 0.6) is 0 Å². The third kappa shape index (κ3) is 2.77. The van der Waals surface area contributed by atoms with E-state index < -0.39 is 5.97 Å². The molecule has 88 valence electrons. The Morgan fingerprint density at radius 1 is 1.59 bits per heavy atom. The van der Waals surface area contributed by atoms with E-state index in [1.165, 1.54) is 11.8 Å². The molecule has 4 nitrogen and oxygen atoms in total. The van der Waals surface area contributed by atoms with Gasteiger partial charge in [-0.2, -0.15) is 0 Å². The number of rotatable bonds is 3. The highest BCUT2D eigenvalue weighted by molar-refractivity contribution is 8.01. The predicted molar refractivity (Wildman–Crippen MR) is 67.2 cm³/mol. The highest BCUT2D eigenvalue weighted by atomic mass is 35.5. The SMILES string of the molecule is Cc1nc(Sc2ccncc2Cl)sc1C(=O)O. The fourth-order valence-corrected chi connectivity index (χ4v) is 3.36. The van der Waals surface area contributed by atoms with Gasteiger partial charge in [0, 0.05) is 17.3 Å². The summed E-state index contributed by atoms with van der Waals surface area (Å²) in [5, 5.41) is 9.45. The zero-order valence-corrected chi connectivity index (χ0v) is 11.1. The zero-order valence-electron chi connectivity index (χ0n) is 8.68. The van der Waals surface area contributed by atoms with Gasteiger partial charge in [-0.05, 0) is 13.0 Å².